The lowest BCUT2D eigenvalue weighted by atomic mass is 10.0. The number of aryl methyl sites for hydroxylation is 1. The maximum Gasteiger partial charge on any atom is 0.253 e. The van der Waals surface area contributed by atoms with Crippen LogP contribution < -0.4 is 10.1 Å². The van der Waals surface area contributed by atoms with Crippen LogP contribution in [0.3, 0.4) is 0 Å². The van der Waals surface area contributed by atoms with Gasteiger partial charge in [-0.25, -0.2) is 0 Å². The number of likely N-dealkylation sites (tertiary alicyclic amines) is 1. The molecule has 0 radical (unpaired) electrons. The van der Waals surface area contributed by atoms with E-state index in [1.165, 1.54) is 12.8 Å². The van der Waals surface area contributed by atoms with Crippen molar-refractivity contribution in [3.8, 4) is 5.75 Å². The van der Waals surface area contributed by atoms with E-state index < -0.39 is 0 Å². The molecule has 1 aliphatic carbocycles. The molecule has 1 amide bonds. The molecule has 150 valence electrons. The largest absolute Gasteiger partial charge is 0.485 e. The zero-order valence-corrected chi connectivity index (χ0v) is 16.4. The van der Waals surface area contributed by atoms with Gasteiger partial charge in [0.25, 0.3) is 5.91 Å². The van der Waals surface area contributed by atoms with Crippen molar-refractivity contribution in [3.05, 3.63) is 41.5 Å². The molecule has 7 nitrogen and oxygen atoms in total. The van der Waals surface area contributed by atoms with Gasteiger partial charge in [-0.15, -0.1) is 0 Å². The highest BCUT2D eigenvalue weighted by Gasteiger charge is 2.26. The minimum atomic E-state index is 0.0953. The van der Waals surface area contributed by atoms with Crippen molar-refractivity contribution in [3.63, 3.8) is 0 Å². The van der Waals surface area contributed by atoms with E-state index in [4.69, 9.17) is 9.26 Å². The first kappa shape index (κ1) is 18.9. The predicted molar refractivity (Wildman–Crippen MR) is 104 cm³/mol. The summed E-state index contributed by atoms with van der Waals surface area (Å²) in [6.45, 7) is 4.98. The summed E-state index contributed by atoms with van der Waals surface area (Å²) >= 11 is 0. The highest BCUT2D eigenvalue weighted by molar-refractivity contribution is 5.94. The molecule has 0 atom stereocenters. The Morgan fingerprint density at radius 2 is 1.96 bits per heavy atom. The predicted octanol–water partition coefficient (Wildman–Crippen LogP) is 2.82. The zero-order valence-electron chi connectivity index (χ0n) is 16.4. The molecule has 0 spiro atoms. The fourth-order valence-corrected chi connectivity index (χ4v) is 3.46. The molecule has 1 N–H and O–H groups in total. The van der Waals surface area contributed by atoms with Crippen molar-refractivity contribution < 1.29 is 14.1 Å². The summed E-state index contributed by atoms with van der Waals surface area (Å²) < 4.78 is 10.7. The number of carbonyl (C=O) groups is 1. The molecule has 2 aliphatic rings. The van der Waals surface area contributed by atoms with E-state index in [1.54, 1.807) is 0 Å². The lowest BCUT2D eigenvalue weighted by Crippen LogP contribution is -2.45. The lowest BCUT2D eigenvalue weighted by Gasteiger charge is -2.32. The Morgan fingerprint density at radius 1 is 1.21 bits per heavy atom. The fourth-order valence-electron chi connectivity index (χ4n) is 3.46. The number of aromatic nitrogens is 2. The average molecular weight is 384 g/mol. The van der Waals surface area contributed by atoms with Gasteiger partial charge in [0.2, 0.25) is 11.7 Å². The number of carbonyl (C=O) groups excluding carboxylic acids is 1. The van der Waals surface area contributed by atoms with Crippen LogP contribution in [0.15, 0.2) is 28.8 Å². The second-order valence-corrected chi connectivity index (χ2v) is 7.69. The van der Waals surface area contributed by atoms with Crippen molar-refractivity contribution >= 4 is 5.91 Å². The van der Waals surface area contributed by atoms with Gasteiger partial charge in [0.15, 0.2) is 6.61 Å². The molecule has 1 saturated carbocycles. The molecule has 1 aliphatic heterocycles. The third-order valence-corrected chi connectivity index (χ3v) is 5.46. The van der Waals surface area contributed by atoms with Crippen molar-refractivity contribution in [2.45, 2.75) is 51.7 Å². The molecule has 28 heavy (non-hydrogen) atoms. The van der Waals surface area contributed by atoms with Gasteiger partial charge in [-0.1, -0.05) is 12.1 Å². The summed E-state index contributed by atoms with van der Waals surface area (Å²) in [4.78, 5) is 18.9. The number of rotatable bonds is 8. The smallest absolute Gasteiger partial charge is 0.253 e. The summed E-state index contributed by atoms with van der Waals surface area (Å²) in [6, 6.07) is 7.83. The Bertz CT molecular complexity index is 777. The Hall–Kier alpha value is -2.41. The quantitative estimate of drug-likeness (QED) is 0.754. The van der Waals surface area contributed by atoms with Crippen LogP contribution >= 0.6 is 0 Å². The number of amides is 1. The minimum absolute atomic E-state index is 0.0953. The van der Waals surface area contributed by atoms with Crippen LogP contribution in [-0.4, -0.2) is 46.6 Å². The molecule has 0 unspecified atom stereocenters. The van der Waals surface area contributed by atoms with Crippen LogP contribution in [-0.2, 0) is 13.0 Å². The molecular weight excluding hydrogens is 356 g/mol. The number of piperidine rings is 1. The molecule has 0 bridgehead atoms. The van der Waals surface area contributed by atoms with E-state index in [1.807, 2.05) is 36.1 Å². The molecule has 2 fully saturated rings. The van der Waals surface area contributed by atoms with Crippen molar-refractivity contribution in [1.29, 1.82) is 0 Å². The summed E-state index contributed by atoms with van der Waals surface area (Å²) in [5.41, 5.74) is 0.699. The summed E-state index contributed by atoms with van der Waals surface area (Å²) in [6.07, 6.45) is 5.52. The fraction of sp³-hybridized carbons (Fsp3) is 0.571. The van der Waals surface area contributed by atoms with Gasteiger partial charge in [0, 0.05) is 31.1 Å². The zero-order chi connectivity index (χ0) is 19.3. The Morgan fingerprint density at radius 3 is 2.61 bits per heavy atom. The highest BCUT2D eigenvalue weighted by atomic mass is 16.5. The van der Waals surface area contributed by atoms with Gasteiger partial charge in [-0.2, -0.15) is 4.98 Å². The Kier molecular flexibility index (Phi) is 5.90. The van der Waals surface area contributed by atoms with Gasteiger partial charge in [-0.3, -0.25) is 4.79 Å². The van der Waals surface area contributed by atoms with Gasteiger partial charge in [0.05, 0.1) is 0 Å². The van der Waals surface area contributed by atoms with E-state index in [0.717, 1.165) is 38.4 Å². The standard InChI is InChI=1S/C21H28N4O3/c1-2-20-23-19(24-28-20)14-27-18-7-5-16(6-8-18)21(26)25-11-9-17(10-12-25)22-13-15-3-4-15/h5-8,15,17,22H,2-4,9-14H2,1H3. The molecule has 1 saturated heterocycles. The van der Waals surface area contributed by atoms with E-state index >= 15 is 0 Å². The van der Waals surface area contributed by atoms with Gasteiger partial charge >= 0.3 is 0 Å². The molecular formula is C21H28N4O3. The van der Waals surface area contributed by atoms with Crippen LogP contribution in [0, 0.1) is 5.92 Å². The van der Waals surface area contributed by atoms with E-state index in [0.29, 0.717) is 35.5 Å². The van der Waals surface area contributed by atoms with Gasteiger partial charge in [0.1, 0.15) is 5.75 Å². The van der Waals surface area contributed by atoms with Crippen LogP contribution in [0.25, 0.3) is 0 Å². The van der Waals surface area contributed by atoms with Gasteiger partial charge < -0.3 is 19.5 Å². The first-order valence-corrected chi connectivity index (χ1v) is 10.3. The average Bonchev–Trinajstić information content (AvgIpc) is 3.46. The number of benzene rings is 1. The monoisotopic (exact) mass is 384 g/mol. The first-order chi connectivity index (χ1) is 13.7. The maximum atomic E-state index is 12.7. The third kappa shape index (κ3) is 4.90. The molecule has 2 heterocycles. The summed E-state index contributed by atoms with van der Waals surface area (Å²) in [7, 11) is 0. The van der Waals surface area contributed by atoms with Crippen molar-refractivity contribution in [2.24, 2.45) is 5.92 Å². The Labute approximate surface area is 165 Å². The van der Waals surface area contributed by atoms with E-state index in [-0.39, 0.29) is 12.5 Å². The number of hydrogen-bond donors (Lipinski definition) is 1. The molecule has 2 aromatic rings. The normalized spacial score (nSPS) is 17.7. The molecule has 1 aromatic heterocycles. The number of ether oxygens (including phenoxy) is 1. The SMILES string of the molecule is CCc1nc(COc2ccc(C(=O)N3CCC(NCC4CC4)CC3)cc2)no1. The maximum absolute atomic E-state index is 12.7. The van der Waals surface area contributed by atoms with Crippen LogP contribution in [0.5, 0.6) is 5.75 Å². The third-order valence-electron chi connectivity index (χ3n) is 5.46. The topological polar surface area (TPSA) is 80.5 Å². The number of hydrogen-bond acceptors (Lipinski definition) is 6. The van der Waals surface area contributed by atoms with Crippen LogP contribution in [0.1, 0.15) is 54.7 Å². The summed E-state index contributed by atoms with van der Waals surface area (Å²) in [5, 5.41) is 7.52. The number of nitrogens with zero attached hydrogens (tertiary/aromatic N) is 3. The van der Waals surface area contributed by atoms with Crippen LogP contribution in [0.4, 0.5) is 0 Å². The van der Waals surface area contributed by atoms with Crippen LogP contribution in [0.2, 0.25) is 0 Å². The second-order valence-electron chi connectivity index (χ2n) is 7.69. The second kappa shape index (κ2) is 8.73. The molecule has 4 rings (SSSR count). The van der Waals surface area contributed by atoms with Crippen molar-refractivity contribution in [1.82, 2.24) is 20.4 Å². The Balaban J connectivity index is 1.24. The highest BCUT2D eigenvalue weighted by Crippen LogP contribution is 2.28. The summed E-state index contributed by atoms with van der Waals surface area (Å²) in [5.74, 6) is 2.80. The minimum Gasteiger partial charge on any atom is -0.485 e. The first-order valence-electron chi connectivity index (χ1n) is 10.3. The lowest BCUT2D eigenvalue weighted by molar-refractivity contribution is 0.0705. The van der Waals surface area contributed by atoms with E-state index in [2.05, 4.69) is 15.5 Å². The van der Waals surface area contributed by atoms with Gasteiger partial charge in [-0.05, 0) is 62.4 Å². The molecule has 1 aromatic carbocycles. The van der Waals surface area contributed by atoms with E-state index in [9.17, 15) is 4.79 Å². The number of nitrogens with one attached hydrogen (secondary N) is 1. The molecule has 7 heteroatoms. The van der Waals surface area contributed by atoms with Crippen molar-refractivity contribution in [2.75, 3.05) is 19.6 Å².